The second-order valence-electron chi connectivity index (χ2n) is 20.2. The summed E-state index contributed by atoms with van der Waals surface area (Å²) in [6.07, 6.45) is 73.6. The molecule has 1 atom stereocenters. The number of hydrogen-bond donors (Lipinski definition) is 0. The molecule has 0 rings (SSSR count). The van der Waals surface area contributed by atoms with E-state index in [-0.39, 0.29) is 31.1 Å². The van der Waals surface area contributed by atoms with E-state index in [9.17, 15) is 14.4 Å². The monoisotopic (exact) mass is 979 g/mol. The molecule has 0 bridgehead atoms. The smallest absolute Gasteiger partial charge is 0.306 e. The van der Waals surface area contributed by atoms with Crippen LogP contribution in [0.1, 0.15) is 310 Å². The quantitative estimate of drug-likeness (QED) is 0.0261. The molecule has 0 saturated heterocycles. The first-order valence-electron chi connectivity index (χ1n) is 30.3. The van der Waals surface area contributed by atoms with Crippen molar-refractivity contribution in [3.63, 3.8) is 0 Å². The molecule has 6 nitrogen and oxygen atoms in total. The van der Waals surface area contributed by atoms with Gasteiger partial charge >= 0.3 is 17.9 Å². The molecule has 0 aromatic carbocycles. The summed E-state index contributed by atoms with van der Waals surface area (Å²) < 4.78 is 16.9. The van der Waals surface area contributed by atoms with Crippen LogP contribution in [-0.4, -0.2) is 37.2 Å². The second-order valence-corrected chi connectivity index (χ2v) is 20.2. The SMILES string of the molecule is CCC/C=C\C/C=C\CCCCCCCC(=O)OCC(COC(=O)CCCCCCCCCCC/C=C\C/C=C\CCCCCCC)OC(=O)CCCCCCCCC/C=C\CCCCCCCCC. The number of carbonyl (C=O) groups is 3. The highest BCUT2D eigenvalue weighted by Crippen LogP contribution is 2.16. The van der Waals surface area contributed by atoms with Crippen LogP contribution in [0, 0.1) is 0 Å². The third-order valence-corrected chi connectivity index (χ3v) is 13.2. The van der Waals surface area contributed by atoms with Crippen LogP contribution in [0.15, 0.2) is 60.8 Å². The summed E-state index contributed by atoms with van der Waals surface area (Å²) in [4.78, 5) is 38.2. The Hall–Kier alpha value is -2.89. The molecule has 0 aromatic rings. The number of rotatable bonds is 55. The predicted octanol–water partition coefficient (Wildman–Crippen LogP) is 20.4. The highest BCUT2D eigenvalue weighted by Gasteiger charge is 2.19. The molecule has 70 heavy (non-hydrogen) atoms. The zero-order chi connectivity index (χ0) is 50.7. The van der Waals surface area contributed by atoms with Gasteiger partial charge in [0.2, 0.25) is 0 Å². The van der Waals surface area contributed by atoms with Crippen molar-refractivity contribution >= 4 is 17.9 Å². The lowest BCUT2D eigenvalue weighted by molar-refractivity contribution is -0.167. The van der Waals surface area contributed by atoms with E-state index in [0.717, 1.165) is 89.9 Å². The Labute approximate surface area is 434 Å². The lowest BCUT2D eigenvalue weighted by atomic mass is 10.1. The molecular formula is C64H114O6. The minimum Gasteiger partial charge on any atom is -0.462 e. The van der Waals surface area contributed by atoms with Crippen LogP contribution in [0.4, 0.5) is 0 Å². The molecule has 0 aliphatic heterocycles. The number of carbonyl (C=O) groups excluding carboxylic acids is 3. The Morgan fingerprint density at radius 1 is 0.286 bits per heavy atom. The second kappa shape index (κ2) is 58.7. The zero-order valence-electron chi connectivity index (χ0n) is 46.5. The van der Waals surface area contributed by atoms with Crippen molar-refractivity contribution in [2.24, 2.45) is 0 Å². The van der Waals surface area contributed by atoms with Crippen molar-refractivity contribution in [3.05, 3.63) is 60.8 Å². The lowest BCUT2D eigenvalue weighted by Gasteiger charge is -2.18. The summed E-state index contributed by atoms with van der Waals surface area (Å²) in [7, 11) is 0. The van der Waals surface area contributed by atoms with Gasteiger partial charge in [0.15, 0.2) is 6.10 Å². The largest absolute Gasteiger partial charge is 0.462 e. The fourth-order valence-corrected chi connectivity index (χ4v) is 8.62. The summed E-state index contributed by atoms with van der Waals surface area (Å²) in [6.45, 7) is 6.58. The third-order valence-electron chi connectivity index (χ3n) is 13.2. The summed E-state index contributed by atoms with van der Waals surface area (Å²) >= 11 is 0. The molecule has 0 radical (unpaired) electrons. The van der Waals surface area contributed by atoms with Gasteiger partial charge in [-0.25, -0.2) is 0 Å². The molecule has 0 fully saturated rings. The van der Waals surface area contributed by atoms with Crippen LogP contribution in [-0.2, 0) is 28.6 Å². The van der Waals surface area contributed by atoms with E-state index in [4.69, 9.17) is 14.2 Å². The average Bonchev–Trinajstić information content (AvgIpc) is 3.36. The zero-order valence-corrected chi connectivity index (χ0v) is 46.5. The summed E-state index contributed by atoms with van der Waals surface area (Å²) in [5.74, 6) is -0.892. The van der Waals surface area contributed by atoms with Gasteiger partial charge in [0.25, 0.3) is 0 Å². The maximum atomic E-state index is 12.9. The number of esters is 3. The van der Waals surface area contributed by atoms with Gasteiger partial charge < -0.3 is 14.2 Å². The maximum Gasteiger partial charge on any atom is 0.306 e. The number of ether oxygens (including phenoxy) is 3. The minimum atomic E-state index is -0.784. The van der Waals surface area contributed by atoms with Gasteiger partial charge in [0, 0.05) is 19.3 Å². The first kappa shape index (κ1) is 67.1. The van der Waals surface area contributed by atoms with Crippen LogP contribution in [0.3, 0.4) is 0 Å². The number of hydrogen-bond acceptors (Lipinski definition) is 6. The van der Waals surface area contributed by atoms with Gasteiger partial charge in [-0.1, -0.05) is 248 Å². The highest BCUT2D eigenvalue weighted by atomic mass is 16.6. The molecule has 0 N–H and O–H groups in total. The van der Waals surface area contributed by atoms with Crippen molar-refractivity contribution in [1.82, 2.24) is 0 Å². The van der Waals surface area contributed by atoms with Crippen molar-refractivity contribution in [3.8, 4) is 0 Å². The Kier molecular flexibility index (Phi) is 56.3. The summed E-state index contributed by atoms with van der Waals surface area (Å²) in [5.41, 5.74) is 0. The van der Waals surface area contributed by atoms with Crippen LogP contribution in [0.25, 0.3) is 0 Å². The highest BCUT2D eigenvalue weighted by molar-refractivity contribution is 5.71. The van der Waals surface area contributed by atoms with Crippen molar-refractivity contribution in [2.45, 2.75) is 316 Å². The van der Waals surface area contributed by atoms with Crippen LogP contribution in [0.2, 0.25) is 0 Å². The Morgan fingerprint density at radius 3 is 0.857 bits per heavy atom. The van der Waals surface area contributed by atoms with Crippen LogP contribution < -0.4 is 0 Å². The van der Waals surface area contributed by atoms with Gasteiger partial charge in [-0.3, -0.25) is 14.4 Å². The summed E-state index contributed by atoms with van der Waals surface area (Å²) in [5, 5.41) is 0. The van der Waals surface area contributed by atoms with Gasteiger partial charge in [-0.15, -0.1) is 0 Å². The molecule has 0 aromatic heterocycles. The van der Waals surface area contributed by atoms with E-state index in [1.54, 1.807) is 0 Å². The number of unbranched alkanes of at least 4 members (excludes halogenated alkanes) is 34. The predicted molar refractivity (Wildman–Crippen MR) is 302 cm³/mol. The van der Waals surface area contributed by atoms with E-state index in [1.807, 2.05) is 0 Å². The molecule has 1 unspecified atom stereocenters. The van der Waals surface area contributed by atoms with Crippen LogP contribution in [0.5, 0.6) is 0 Å². The van der Waals surface area contributed by atoms with Crippen molar-refractivity contribution < 1.29 is 28.6 Å². The standard InChI is InChI=1S/C64H114O6/c1-4-7-10-13-16-19-22-25-27-29-31-32-33-35-36-39-42-45-48-51-54-57-63(66)69-60-61(59-68-62(65)56-53-50-47-44-41-38-24-21-18-15-12-9-6-3)70-64(67)58-55-52-49-46-43-40-37-34-30-28-26-23-20-17-14-11-8-5-2/h12,15,21-22,24-25,28-31,61H,4-11,13-14,16-20,23,26-27,32-60H2,1-3H3/b15-12-,24-21-,25-22-,30-28-,31-29-. The Bertz CT molecular complexity index is 1260. The van der Waals surface area contributed by atoms with Crippen molar-refractivity contribution in [1.29, 1.82) is 0 Å². The molecule has 0 saturated carbocycles. The lowest BCUT2D eigenvalue weighted by Crippen LogP contribution is -2.30. The van der Waals surface area contributed by atoms with E-state index in [1.165, 1.54) is 180 Å². The molecular weight excluding hydrogens is 865 g/mol. The minimum absolute atomic E-state index is 0.0816. The summed E-state index contributed by atoms with van der Waals surface area (Å²) in [6, 6.07) is 0. The van der Waals surface area contributed by atoms with Gasteiger partial charge in [-0.05, 0) is 103 Å². The van der Waals surface area contributed by atoms with Gasteiger partial charge in [0.1, 0.15) is 13.2 Å². The normalized spacial score (nSPS) is 12.4. The molecule has 6 heteroatoms. The Balaban J connectivity index is 4.35. The molecule has 0 heterocycles. The Morgan fingerprint density at radius 2 is 0.543 bits per heavy atom. The fraction of sp³-hybridized carbons (Fsp3) is 0.797. The average molecular weight is 980 g/mol. The van der Waals surface area contributed by atoms with E-state index in [2.05, 4.69) is 81.5 Å². The van der Waals surface area contributed by atoms with E-state index >= 15 is 0 Å². The first-order valence-corrected chi connectivity index (χ1v) is 30.3. The van der Waals surface area contributed by atoms with Crippen molar-refractivity contribution in [2.75, 3.05) is 13.2 Å². The molecule has 0 aliphatic rings. The fourth-order valence-electron chi connectivity index (χ4n) is 8.62. The van der Waals surface area contributed by atoms with Gasteiger partial charge in [-0.2, -0.15) is 0 Å². The molecule has 406 valence electrons. The topological polar surface area (TPSA) is 78.9 Å². The number of allylic oxidation sites excluding steroid dienone is 10. The molecule has 0 amide bonds. The first-order chi connectivity index (χ1) is 34.5. The molecule has 0 spiro atoms. The third kappa shape index (κ3) is 56.0. The van der Waals surface area contributed by atoms with E-state index in [0.29, 0.717) is 19.3 Å². The van der Waals surface area contributed by atoms with Crippen LogP contribution >= 0.6 is 0 Å². The van der Waals surface area contributed by atoms with Gasteiger partial charge in [0.05, 0.1) is 0 Å². The van der Waals surface area contributed by atoms with E-state index < -0.39 is 6.10 Å². The molecule has 0 aliphatic carbocycles. The maximum absolute atomic E-state index is 12.9.